The number of aromatic nitrogens is 3. The van der Waals surface area contributed by atoms with E-state index in [2.05, 4.69) is 49.9 Å². The minimum absolute atomic E-state index is 0.216. The highest BCUT2D eigenvalue weighted by atomic mass is 19.1. The van der Waals surface area contributed by atoms with Crippen LogP contribution in [0.1, 0.15) is 22.6 Å². The van der Waals surface area contributed by atoms with E-state index in [1.165, 1.54) is 17.2 Å². The lowest BCUT2D eigenvalue weighted by molar-refractivity contribution is 0.637. The molecule has 35 heavy (non-hydrogen) atoms. The van der Waals surface area contributed by atoms with Gasteiger partial charge in [-0.3, -0.25) is 0 Å². The van der Waals surface area contributed by atoms with Gasteiger partial charge in [0.2, 0.25) is 0 Å². The summed E-state index contributed by atoms with van der Waals surface area (Å²) in [5, 5.41) is 7.76. The van der Waals surface area contributed by atoms with Crippen molar-refractivity contribution in [2.75, 3.05) is 17.2 Å². The summed E-state index contributed by atoms with van der Waals surface area (Å²) in [6.45, 7) is 6.56. The lowest BCUT2D eigenvalue weighted by Gasteiger charge is -2.11. The first-order valence-electron chi connectivity index (χ1n) is 11.8. The van der Waals surface area contributed by atoms with Gasteiger partial charge in [0.05, 0.1) is 5.52 Å². The Labute approximate surface area is 204 Å². The van der Waals surface area contributed by atoms with Gasteiger partial charge in [0.25, 0.3) is 0 Å². The van der Waals surface area contributed by atoms with Gasteiger partial charge >= 0.3 is 0 Å². The third-order valence-electron chi connectivity index (χ3n) is 6.21. The standard InChI is InChI=1S/C29H28FN5/c1-18-9-14-25(30)29-28(18)24(19(2)32-29)15-16-31-26-17-27(34-20(3)33-26)35-23-12-10-22(11-13-23)21-7-5-4-6-8-21/h4-14,17,32H,15-16H2,1-3H3,(H2,31,33,34,35). The van der Waals surface area contributed by atoms with Gasteiger partial charge in [-0.25, -0.2) is 14.4 Å². The van der Waals surface area contributed by atoms with Gasteiger partial charge in [-0.05, 0) is 67.6 Å². The first-order chi connectivity index (χ1) is 17.0. The van der Waals surface area contributed by atoms with Crippen LogP contribution in [0.4, 0.5) is 21.7 Å². The lowest BCUT2D eigenvalue weighted by atomic mass is 10.0. The molecule has 0 atom stereocenters. The van der Waals surface area contributed by atoms with Crippen LogP contribution in [0.3, 0.4) is 0 Å². The van der Waals surface area contributed by atoms with Crippen LogP contribution in [0.2, 0.25) is 0 Å². The van der Waals surface area contributed by atoms with Gasteiger partial charge in [0.15, 0.2) is 0 Å². The zero-order valence-corrected chi connectivity index (χ0v) is 20.1. The number of aromatic amines is 1. The minimum atomic E-state index is -0.216. The summed E-state index contributed by atoms with van der Waals surface area (Å²) in [5.41, 5.74) is 7.10. The van der Waals surface area contributed by atoms with Crippen LogP contribution >= 0.6 is 0 Å². The summed E-state index contributed by atoms with van der Waals surface area (Å²) in [5.74, 6) is 1.95. The lowest BCUT2D eigenvalue weighted by Crippen LogP contribution is -2.09. The number of nitrogens with one attached hydrogen (secondary N) is 3. The number of hydrogen-bond donors (Lipinski definition) is 3. The Morgan fingerprint density at radius 3 is 2.31 bits per heavy atom. The van der Waals surface area contributed by atoms with Gasteiger partial charge in [-0.1, -0.05) is 48.5 Å². The van der Waals surface area contributed by atoms with Crippen molar-refractivity contribution in [1.82, 2.24) is 15.0 Å². The van der Waals surface area contributed by atoms with Crippen molar-refractivity contribution in [3.63, 3.8) is 0 Å². The molecule has 0 aliphatic heterocycles. The molecule has 0 spiro atoms. The maximum Gasteiger partial charge on any atom is 0.147 e. The summed E-state index contributed by atoms with van der Waals surface area (Å²) < 4.78 is 14.3. The normalized spacial score (nSPS) is 11.1. The molecule has 2 heterocycles. The fraction of sp³-hybridized carbons (Fsp3) is 0.172. The van der Waals surface area contributed by atoms with Crippen LogP contribution < -0.4 is 10.6 Å². The number of fused-ring (bicyclic) bond motifs is 1. The molecule has 5 aromatic rings. The largest absolute Gasteiger partial charge is 0.370 e. The molecule has 0 aliphatic rings. The van der Waals surface area contributed by atoms with Crippen LogP contribution in [0.15, 0.2) is 72.8 Å². The molecule has 0 fully saturated rings. The van der Waals surface area contributed by atoms with E-state index in [0.717, 1.165) is 46.0 Å². The molecule has 0 saturated heterocycles. The molecule has 0 aliphatic carbocycles. The molecule has 3 aromatic carbocycles. The van der Waals surface area contributed by atoms with Crippen molar-refractivity contribution in [2.24, 2.45) is 0 Å². The predicted octanol–water partition coefficient (Wildman–Crippen LogP) is 7.09. The van der Waals surface area contributed by atoms with E-state index in [4.69, 9.17) is 0 Å². The highest BCUT2D eigenvalue weighted by Crippen LogP contribution is 2.28. The topological polar surface area (TPSA) is 65.6 Å². The Morgan fingerprint density at radius 1 is 0.829 bits per heavy atom. The minimum Gasteiger partial charge on any atom is -0.370 e. The Bertz CT molecular complexity index is 1470. The summed E-state index contributed by atoms with van der Waals surface area (Å²) >= 11 is 0. The second-order valence-electron chi connectivity index (χ2n) is 8.77. The van der Waals surface area contributed by atoms with Crippen molar-refractivity contribution in [2.45, 2.75) is 27.2 Å². The van der Waals surface area contributed by atoms with Crippen molar-refractivity contribution >= 4 is 28.2 Å². The average Bonchev–Trinajstić information content (AvgIpc) is 3.19. The van der Waals surface area contributed by atoms with Gasteiger partial charge in [0, 0.05) is 29.4 Å². The van der Waals surface area contributed by atoms with Crippen molar-refractivity contribution < 1.29 is 4.39 Å². The highest BCUT2D eigenvalue weighted by Gasteiger charge is 2.14. The molecule has 0 amide bonds. The van der Waals surface area contributed by atoms with Crippen LogP contribution in [0.5, 0.6) is 0 Å². The zero-order chi connectivity index (χ0) is 24.4. The van der Waals surface area contributed by atoms with Gasteiger partial charge in [-0.2, -0.15) is 0 Å². The van der Waals surface area contributed by atoms with E-state index in [-0.39, 0.29) is 5.82 Å². The molecule has 0 radical (unpaired) electrons. The quantitative estimate of drug-likeness (QED) is 0.240. The molecular weight excluding hydrogens is 437 g/mol. The highest BCUT2D eigenvalue weighted by molar-refractivity contribution is 5.88. The molecule has 5 rings (SSSR count). The molecule has 176 valence electrons. The summed E-state index contributed by atoms with van der Waals surface area (Å²) in [7, 11) is 0. The fourth-order valence-corrected chi connectivity index (χ4v) is 4.52. The van der Waals surface area contributed by atoms with Gasteiger partial charge < -0.3 is 15.6 Å². The predicted molar refractivity (Wildman–Crippen MR) is 142 cm³/mol. The third-order valence-corrected chi connectivity index (χ3v) is 6.21. The molecular formula is C29H28FN5. The Hall–Kier alpha value is -4.19. The molecule has 2 aromatic heterocycles. The Balaban J connectivity index is 1.28. The number of hydrogen-bond acceptors (Lipinski definition) is 4. The van der Waals surface area contributed by atoms with Crippen molar-refractivity contribution in [3.05, 3.63) is 101 Å². The van der Waals surface area contributed by atoms with E-state index in [1.807, 2.05) is 63.2 Å². The molecule has 0 unspecified atom stereocenters. The van der Waals surface area contributed by atoms with Gasteiger partial charge in [-0.15, -0.1) is 0 Å². The van der Waals surface area contributed by atoms with E-state index >= 15 is 0 Å². The molecule has 5 nitrogen and oxygen atoms in total. The number of anilines is 3. The Kier molecular flexibility index (Phi) is 6.19. The number of nitrogens with zero attached hydrogens (tertiary/aromatic N) is 2. The SMILES string of the molecule is Cc1nc(NCCc2c(C)[nH]c3c(F)ccc(C)c23)cc(Nc2ccc(-c3ccccc3)cc2)n1. The summed E-state index contributed by atoms with van der Waals surface area (Å²) in [6.07, 6.45) is 0.753. The molecule has 0 bridgehead atoms. The average molecular weight is 466 g/mol. The first-order valence-corrected chi connectivity index (χ1v) is 11.8. The smallest absolute Gasteiger partial charge is 0.147 e. The number of halogens is 1. The number of aryl methyl sites for hydroxylation is 3. The zero-order valence-electron chi connectivity index (χ0n) is 20.1. The van der Waals surface area contributed by atoms with Crippen molar-refractivity contribution in [1.29, 1.82) is 0 Å². The second kappa shape index (κ2) is 9.58. The second-order valence-corrected chi connectivity index (χ2v) is 8.77. The third kappa shape index (κ3) is 4.87. The molecule has 6 heteroatoms. The first kappa shape index (κ1) is 22.6. The number of H-pyrrole nitrogens is 1. The van der Waals surface area contributed by atoms with Crippen LogP contribution in [-0.4, -0.2) is 21.5 Å². The van der Waals surface area contributed by atoms with Crippen LogP contribution in [0, 0.1) is 26.6 Å². The number of rotatable bonds is 7. The number of benzene rings is 3. The van der Waals surface area contributed by atoms with Crippen LogP contribution in [0.25, 0.3) is 22.0 Å². The summed E-state index contributed by atoms with van der Waals surface area (Å²) in [6, 6.07) is 23.9. The van der Waals surface area contributed by atoms with Crippen molar-refractivity contribution in [3.8, 4) is 11.1 Å². The maximum atomic E-state index is 14.3. The van der Waals surface area contributed by atoms with Crippen LogP contribution in [-0.2, 0) is 6.42 Å². The van der Waals surface area contributed by atoms with E-state index < -0.39 is 0 Å². The monoisotopic (exact) mass is 465 g/mol. The maximum absolute atomic E-state index is 14.3. The van der Waals surface area contributed by atoms with E-state index in [1.54, 1.807) is 0 Å². The van der Waals surface area contributed by atoms with E-state index in [0.29, 0.717) is 17.9 Å². The fourth-order valence-electron chi connectivity index (χ4n) is 4.52. The van der Waals surface area contributed by atoms with E-state index in [9.17, 15) is 4.39 Å². The van der Waals surface area contributed by atoms with Gasteiger partial charge in [0.1, 0.15) is 23.3 Å². The summed E-state index contributed by atoms with van der Waals surface area (Å²) in [4.78, 5) is 12.3. The molecule has 0 saturated carbocycles. The molecule has 3 N–H and O–H groups in total. The Morgan fingerprint density at radius 2 is 1.54 bits per heavy atom.